The molecule has 1 fully saturated rings. The van der Waals surface area contributed by atoms with Gasteiger partial charge in [-0.2, -0.15) is 0 Å². The molecule has 32 heavy (non-hydrogen) atoms. The standard InChI is InChI=1S/C26H25FN2O3/c1-32-23-8-3-2-7-22(23)19-11-9-18(10-12-19)16-26(25(28)31)13-14-29(17-26)24(30)20-5-4-6-21(27)15-20/h2-12,15H,13-14,16-17H2,1H3,(H2,28,31). The van der Waals surface area contributed by atoms with Crippen LogP contribution in [0.25, 0.3) is 11.1 Å². The van der Waals surface area contributed by atoms with Gasteiger partial charge in [0.1, 0.15) is 11.6 Å². The van der Waals surface area contributed by atoms with E-state index in [0.717, 1.165) is 22.4 Å². The molecule has 5 nitrogen and oxygen atoms in total. The first kappa shape index (κ1) is 21.6. The number of likely N-dealkylation sites (tertiary alicyclic amines) is 1. The van der Waals surface area contributed by atoms with Crippen LogP contribution in [0.1, 0.15) is 22.3 Å². The highest BCUT2D eigenvalue weighted by Crippen LogP contribution is 2.36. The normalized spacial score (nSPS) is 17.9. The fourth-order valence-electron chi connectivity index (χ4n) is 4.36. The second-order valence-corrected chi connectivity index (χ2v) is 8.21. The van der Waals surface area contributed by atoms with E-state index in [9.17, 15) is 14.0 Å². The minimum absolute atomic E-state index is 0.214. The summed E-state index contributed by atoms with van der Waals surface area (Å²) in [6, 6.07) is 21.3. The number of para-hydroxylation sites is 1. The molecule has 4 rings (SSSR count). The van der Waals surface area contributed by atoms with Crippen LogP contribution in [0.4, 0.5) is 4.39 Å². The second kappa shape index (κ2) is 8.83. The van der Waals surface area contributed by atoms with Crippen LogP contribution in [0.15, 0.2) is 72.8 Å². The van der Waals surface area contributed by atoms with Crippen molar-refractivity contribution in [1.82, 2.24) is 4.90 Å². The number of ether oxygens (including phenoxy) is 1. The average molecular weight is 432 g/mol. The molecular formula is C26H25FN2O3. The maximum absolute atomic E-state index is 13.5. The van der Waals surface area contributed by atoms with Crippen molar-refractivity contribution in [3.05, 3.63) is 89.7 Å². The minimum Gasteiger partial charge on any atom is -0.496 e. The third kappa shape index (κ3) is 4.21. The van der Waals surface area contributed by atoms with E-state index in [-0.39, 0.29) is 18.0 Å². The van der Waals surface area contributed by atoms with Crippen molar-refractivity contribution < 1.29 is 18.7 Å². The zero-order valence-corrected chi connectivity index (χ0v) is 17.9. The Hall–Kier alpha value is -3.67. The van der Waals surface area contributed by atoms with E-state index in [4.69, 9.17) is 10.5 Å². The van der Waals surface area contributed by atoms with Crippen LogP contribution in [0, 0.1) is 11.2 Å². The van der Waals surface area contributed by atoms with Gasteiger partial charge in [-0.1, -0.05) is 48.5 Å². The molecule has 1 aliphatic rings. The molecule has 1 unspecified atom stereocenters. The Morgan fingerprint density at radius 3 is 2.50 bits per heavy atom. The number of amides is 2. The van der Waals surface area contributed by atoms with Crippen LogP contribution in [-0.4, -0.2) is 36.9 Å². The zero-order valence-electron chi connectivity index (χ0n) is 17.9. The summed E-state index contributed by atoms with van der Waals surface area (Å²) in [5, 5.41) is 0. The Labute approximate surface area is 186 Å². The maximum atomic E-state index is 13.5. The molecule has 2 N–H and O–H groups in total. The molecule has 0 bridgehead atoms. The summed E-state index contributed by atoms with van der Waals surface area (Å²) in [5.74, 6) is -0.400. The number of hydrogen-bond acceptors (Lipinski definition) is 3. The molecule has 3 aromatic carbocycles. The first-order valence-corrected chi connectivity index (χ1v) is 10.5. The molecule has 0 spiro atoms. The fraction of sp³-hybridized carbons (Fsp3) is 0.231. The number of halogens is 1. The Balaban J connectivity index is 1.53. The molecule has 0 radical (unpaired) electrons. The van der Waals surface area contributed by atoms with E-state index in [1.807, 2.05) is 48.5 Å². The highest BCUT2D eigenvalue weighted by Gasteiger charge is 2.44. The smallest absolute Gasteiger partial charge is 0.253 e. The van der Waals surface area contributed by atoms with Gasteiger partial charge in [-0.3, -0.25) is 9.59 Å². The Kier molecular flexibility index (Phi) is 5.95. The monoisotopic (exact) mass is 432 g/mol. The zero-order chi connectivity index (χ0) is 22.7. The van der Waals surface area contributed by atoms with Crippen molar-refractivity contribution in [2.24, 2.45) is 11.1 Å². The van der Waals surface area contributed by atoms with Crippen molar-refractivity contribution in [3.8, 4) is 16.9 Å². The molecule has 0 aromatic heterocycles. The van der Waals surface area contributed by atoms with E-state index >= 15 is 0 Å². The maximum Gasteiger partial charge on any atom is 0.253 e. The number of benzene rings is 3. The van der Waals surface area contributed by atoms with Gasteiger partial charge in [-0.05, 0) is 48.2 Å². The quantitative estimate of drug-likeness (QED) is 0.638. The summed E-state index contributed by atoms with van der Waals surface area (Å²) in [6.45, 7) is 0.615. The lowest BCUT2D eigenvalue weighted by molar-refractivity contribution is -0.126. The fourth-order valence-corrected chi connectivity index (χ4v) is 4.36. The van der Waals surface area contributed by atoms with Crippen LogP contribution in [-0.2, 0) is 11.2 Å². The highest BCUT2D eigenvalue weighted by molar-refractivity contribution is 5.95. The average Bonchev–Trinajstić information content (AvgIpc) is 3.24. The lowest BCUT2D eigenvalue weighted by atomic mass is 9.80. The molecule has 1 aliphatic heterocycles. The predicted molar refractivity (Wildman–Crippen MR) is 121 cm³/mol. The number of hydrogen-bond donors (Lipinski definition) is 1. The topological polar surface area (TPSA) is 72.6 Å². The largest absolute Gasteiger partial charge is 0.496 e. The number of nitrogens with zero attached hydrogens (tertiary/aromatic N) is 1. The molecule has 3 aromatic rings. The lowest BCUT2D eigenvalue weighted by Gasteiger charge is -2.26. The number of primary amides is 1. The van der Waals surface area contributed by atoms with Crippen LogP contribution < -0.4 is 10.5 Å². The van der Waals surface area contributed by atoms with Crippen molar-refractivity contribution in [2.45, 2.75) is 12.8 Å². The molecule has 1 atom stereocenters. The highest BCUT2D eigenvalue weighted by atomic mass is 19.1. The molecule has 164 valence electrons. The van der Waals surface area contributed by atoms with Gasteiger partial charge in [0.2, 0.25) is 5.91 Å². The molecule has 6 heteroatoms. The summed E-state index contributed by atoms with van der Waals surface area (Å²) >= 11 is 0. The Morgan fingerprint density at radius 1 is 1.06 bits per heavy atom. The number of nitrogens with two attached hydrogens (primary N) is 1. The van der Waals surface area contributed by atoms with Gasteiger partial charge in [-0.15, -0.1) is 0 Å². The minimum atomic E-state index is -0.852. The molecular weight excluding hydrogens is 407 g/mol. The molecule has 2 amide bonds. The van der Waals surface area contributed by atoms with E-state index in [1.54, 1.807) is 18.1 Å². The van der Waals surface area contributed by atoms with Crippen LogP contribution in [0.2, 0.25) is 0 Å². The Morgan fingerprint density at radius 2 is 1.81 bits per heavy atom. The van der Waals surface area contributed by atoms with E-state index in [2.05, 4.69) is 0 Å². The second-order valence-electron chi connectivity index (χ2n) is 8.21. The van der Waals surface area contributed by atoms with E-state index < -0.39 is 17.1 Å². The van der Waals surface area contributed by atoms with Crippen molar-refractivity contribution in [1.29, 1.82) is 0 Å². The van der Waals surface area contributed by atoms with Crippen molar-refractivity contribution in [2.75, 3.05) is 20.2 Å². The van der Waals surface area contributed by atoms with Crippen LogP contribution in [0.5, 0.6) is 5.75 Å². The number of carbonyl (C=O) groups excluding carboxylic acids is 2. The van der Waals surface area contributed by atoms with Gasteiger partial charge in [0.15, 0.2) is 0 Å². The van der Waals surface area contributed by atoms with Gasteiger partial charge in [0.05, 0.1) is 12.5 Å². The Bertz CT molecular complexity index is 1150. The third-order valence-electron chi connectivity index (χ3n) is 6.15. The number of rotatable bonds is 6. The van der Waals surface area contributed by atoms with Gasteiger partial charge in [0, 0.05) is 24.2 Å². The number of methoxy groups -OCH3 is 1. The first-order chi connectivity index (χ1) is 15.4. The number of carbonyl (C=O) groups is 2. The van der Waals surface area contributed by atoms with Gasteiger partial charge < -0.3 is 15.4 Å². The summed E-state index contributed by atoms with van der Waals surface area (Å²) in [5.41, 5.74) is 8.18. The molecule has 1 saturated heterocycles. The molecule has 0 saturated carbocycles. The summed E-state index contributed by atoms with van der Waals surface area (Å²) in [4.78, 5) is 26.9. The van der Waals surface area contributed by atoms with E-state index in [0.29, 0.717) is 19.4 Å². The van der Waals surface area contributed by atoms with Crippen molar-refractivity contribution >= 4 is 11.8 Å². The van der Waals surface area contributed by atoms with Crippen molar-refractivity contribution in [3.63, 3.8) is 0 Å². The van der Waals surface area contributed by atoms with Gasteiger partial charge in [0.25, 0.3) is 5.91 Å². The lowest BCUT2D eigenvalue weighted by Crippen LogP contribution is -2.42. The summed E-state index contributed by atoms with van der Waals surface area (Å²) in [6.07, 6.45) is 0.902. The van der Waals surface area contributed by atoms with E-state index in [1.165, 1.54) is 18.2 Å². The SMILES string of the molecule is COc1ccccc1-c1ccc(CC2(C(N)=O)CCN(C(=O)c3cccc(F)c3)C2)cc1. The van der Waals surface area contributed by atoms with Crippen LogP contribution >= 0.6 is 0 Å². The molecule has 0 aliphatic carbocycles. The summed E-state index contributed by atoms with van der Waals surface area (Å²) < 4.78 is 19.0. The molecule has 1 heterocycles. The first-order valence-electron chi connectivity index (χ1n) is 10.5. The van der Waals surface area contributed by atoms with Crippen LogP contribution in [0.3, 0.4) is 0 Å². The van der Waals surface area contributed by atoms with Gasteiger partial charge in [-0.25, -0.2) is 4.39 Å². The van der Waals surface area contributed by atoms with Gasteiger partial charge >= 0.3 is 0 Å². The summed E-state index contributed by atoms with van der Waals surface area (Å²) in [7, 11) is 1.64. The predicted octanol–water partition coefficient (Wildman–Crippen LogP) is 4.06. The third-order valence-corrected chi connectivity index (χ3v) is 6.15.